The number of aromatic nitrogens is 2. The van der Waals surface area contributed by atoms with E-state index in [1.54, 1.807) is 12.3 Å². The second-order valence-electron chi connectivity index (χ2n) is 5.52. The molecule has 0 unspecified atom stereocenters. The van der Waals surface area contributed by atoms with Crippen LogP contribution in [0.5, 0.6) is 0 Å². The smallest absolute Gasteiger partial charge is 0.261 e. The predicted molar refractivity (Wildman–Crippen MR) is 86.9 cm³/mol. The molecule has 4 rings (SSSR count). The Kier molecular flexibility index (Phi) is 2.96. The van der Waals surface area contributed by atoms with Gasteiger partial charge >= 0.3 is 0 Å². The third-order valence-corrected chi connectivity index (χ3v) is 4.08. The monoisotopic (exact) mass is 320 g/mol. The van der Waals surface area contributed by atoms with Crippen molar-refractivity contribution in [3.8, 4) is 0 Å². The molecule has 0 saturated heterocycles. The highest BCUT2D eigenvalue weighted by Gasteiger charge is 2.33. The largest absolute Gasteiger partial charge is 0.320 e. The number of nitrogens with zero attached hydrogens (tertiary/aromatic N) is 2. The fourth-order valence-electron chi connectivity index (χ4n) is 2.77. The standard InChI is InChI=1S/C17H12N4O3/c1-21-16(23)11-6-5-9(7-12(11)17(21)24)15(22)19-13-4-2-3-10-8-18-20-14(10)13/h2-8H,1H3,(H,18,20)(H,19,22). The van der Waals surface area contributed by atoms with Crippen molar-refractivity contribution in [2.45, 2.75) is 0 Å². The summed E-state index contributed by atoms with van der Waals surface area (Å²) in [7, 11) is 1.42. The second kappa shape index (κ2) is 5.02. The van der Waals surface area contributed by atoms with Crippen LogP contribution in [0.1, 0.15) is 31.1 Å². The molecule has 7 heteroatoms. The molecular weight excluding hydrogens is 308 g/mol. The second-order valence-corrected chi connectivity index (χ2v) is 5.52. The van der Waals surface area contributed by atoms with E-state index in [2.05, 4.69) is 15.5 Å². The maximum absolute atomic E-state index is 12.5. The van der Waals surface area contributed by atoms with E-state index in [1.165, 1.54) is 25.2 Å². The highest BCUT2D eigenvalue weighted by atomic mass is 16.2. The summed E-state index contributed by atoms with van der Waals surface area (Å²) >= 11 is 0. The summed E-state index contributed by atoms with van der Waals surface area (Å²) in [6, 6.07) is 9.93. The lowest BCUT2D eigenvalue weighted by atomic mass is 10.1. The molecule has 0 spiro atoms. The van der Waals surface area contributed by atoms with Gasteiger partial charge in [0.15, 0.2) is 0 Å². The van der Waals surface area contributed by atoms with Gasteiger partial charge in [-0.3, -0.25) is 24.4 Å². The highest BCUT2D eigenvalue weighted by Crippen LogP contribution is 2.24. The number of rotatable bonds is 2. The van der Waals surface area contributed by atoms with Gasteiger partial charge in [0.2, 0.25) is 0 Å². The molecule has 2 aromatic carbocycles. The van der Waals surface area contributed by atoms with Crippen molar-refractivity contribution >= 4 is 34.3 Å². The number of hydrogen-bond acceptors (Lipinski definition) is 4. The molecule has 0 atom stereocenters. The van der Waals surface area contributed by atoms with Gasteiger partial charge in [-0.05, 0) is 24.3 Å². The van der Waals surface area contributed by atoms with Gasteiger partial charge in [-0.15, -0.1) is 0 Å². The van der Waals surface area contributed by atoms with Crippen LogP contribution in [-0.4, -0.2) is 39.9 Å². The van der Waals surface area contributed by atoms with E-state index >= 15 is 0 Å². The molecule has 0 bridgehead atoms. The van der Waals surface area contributed by atoms with Crippen LogP contribution in [-0.2, 0) is 0 Å². The molecule has 118 valence electrons. The van der Waals surface area contributed by atoms with E-state index in [-0.39, 0.29) is 17.4 Å². The number of H-pyrrole nitrogens is 1. The minimum Gasteiger partial charge on any atom is -0.320 e. The minimum atomic E-state index is -0.402. The Morgan fingerprint density at radius 3 is 2.75 bits per heavy atom. The Balaban J connectivity index is 1.68. The Hall–Kier alpha value is -3.48. The van der Waals surface area contributed by atoms with Gasteiger partial charge in [-0.1, -0.05) is 12.1 Å². The van der Waals surface area contributed by atoms with Crippen molar-refractivity contribution in [1.82, 2.24) is 15.1 Å². The molecule has 0 fully saturated rings. The predicted octanol–water partition coefficient (Wildman–Crippen LogP) is 2.04. The van der Waals surface area contributed by atoms with E-state index in [1.807, 2.05) is 12.1 Å². The first-order valence-electron chi connectivity index (χ1n) is 7.26. The quantitative estimate of drug-likeness (QED) is 0.706. The molecule has 3 aromatic rings. The normalized spacial score (nSPS) is 13.5. The lowest BCUT2D eigenvalue weighted by molar-refractivity contribution is 0.0693. The topological polar surface area (TPSA) is 95.2 Å². The fourth-order valence-corrected chi connectivity index (χ4v) is 2.77. The molecule has 0 radical (unpaired) electrons. The molecule has 2 N–H and O–H groups in total. The Morgan fingerprint density at radius 2 is 1.92 bits per heavy atom. The van der Waals surface area contributed by atoms with Crippen LogP contribution in [0.4, 0.5) is 5.69 Å². The van der Waals surface area contributed by atoms with E-state index in [0.29, 0.717) is 16.8 Å². The van der Waals surface area contributed by atoms with Gasteiger partial charge in [0.1, 0.15) is 0 Å². The van der Waals surface area contributed by atoms with Crippen LogP contribution < -0.4 is 5.32 Å². The third-order valence-electron chi connectivity index (χ3n) is 4.08. The van der Waals surface area contributed by atoms with Crippen LogP contribution in [0.25, 0.3) is 10.9 Å². The van der Waals surface area contributed by atoms with Crippen molar-refractivity contribution in [2.75, 3.05) is 12.4 Å². The summed E-state index contributed by atoms with van der Waals surface area (Å²) in [6.45, 7) is 0. The van der Waals surface area contributed by atoms with Crippen LogP contribution >= 0.6 is 0 Å². The lowest BCUT2D eigenvalue weighted by Crippen LogP contribution is -2.24. The number of nitrogens with one attached hydrogen (secondary N) is 2. The van der Waals surface area contributed by atoms with Crippen molar-refractivity contribution in [3.63, 3.8) is 0 Å². The van der Waals surface area contributed by atoms with E-state index in [9.17, 15) is 14.4 Å². The average molecular weight is 320 g/mol. The molecule has 24 heavy (non-hydrogen) atoms. The number of carbonyl (C=O) groups is 3. The molecule has 0 aliphatic carbocycles. The first kappa shape index (κ1) is 14.1. The summed E-state index contributed by atoms with van der Waals surface area (Å²) in [5.41, 5.74) is 2.18. The van der Waals surface area contributed by atoms with Gasteiger partial charge in [-0.2, -0.15) is 5.10 Å². The van der Waals surface area contributed by atoms with Crippen LogP contribution in [0, 0.1) is 0 Å². The van der Waals surface area contributed by atoms with Crippen LogP contribution in [0.2, 0.25) is 0 Å². The van der Waals surface area contributed by atoms with Gasteiger partial charge in [-0.25, -0.2) is 0 Å². The van der Waals surface area contributed by atoms with E-state index < -0.39 is 5.91 Å². The lowest BCUT2D eigenvalue weighted by Gasteiger charge is -2.07. The highest BCUT2D eigenvalue weighted by molar-refractivity contribution is 6.22. The Morgan fingerprint density at radius 1 is 1.12 bits per heavy atom. The van der Waals surface area contributed by atoms with Crippen LogP contribution in [0.15, 0.2) is 42.6 Å². The van der Waals surface area contributed by atoms with E-state index in [0.717, 1.165) is 15.8 Å². The summed E-state index contributed by atoms with van der Waals surface area (Å²) in [5.74, 6) is -1.13. The van der Waals surface area contributed by atoms with Crippen molar-refractivity contribution in [1.29, 1.82) is 0 Å². The van der Waals surface area contributed by atoms with Crippen molar-refractivity contribution in [3.05, 3.63) is 59.3 Å². The molecule has 0 saturated carbocycles. The zero-order valence-corrected chi connectivity index (χ0v) is 12.7. The zero-order valence-electron chi connectivity index (χ0n) is 12.7. The molecule has 1 aliphatic heterocycles. The van der Waals surface area contributed by atoms with Crippen molar-refractivity contribution < 1.29 is 14.4 Å². The number of hydrogen-bond donors (Lipinski definition) is 2. The molecular formula is C17H12N4O3. The first-order valence-corrected chi connectivity index (χ1v) is 7.26. The van der Waals surface area contributed by atoms with Crippen molar-refractivity contribution in [2.24, 2.45) is 0 Å². The maximum Gasteiger partial charge on any atom is 0.261 e. The minimum absolute atomic E-state index is 0.245. The fraction of sp³-hybridized carbons (Fsp3) is 0.0588. The first-order chi connectivity index (χ1) is 11.6. The average Bonchev–Trinajstić information content (AvgIpc) is 3.15. The molecule has 2 heterocycles. The number of aromatic amines is 1. The van der Waals surface area contributed by atoms with Gasteiger partial charge < -0.3 is 5.32 Å². The van der Waals surface area contributed by atoms with E-state index in [4.69, 9.17) is 0 Å². The summed E-state index contributed by atoms with van der Waals surface area (Å²) in [4.78, 5) is 37.5. The third kappa shape index (κ3) is 1.98. The summed E-state index contributed by atoms with van der Waals surface area (Å²) in [6.07, 6.45) is 1.67. The van der Waals surface area contributed by atoms with Gasteiger partial charge in [0.05, 0.1) is 28.5 Å². The number of amides is 3. The van der Waals surface area contributed by atoms with Gasteiger partial charge in [0, 0.05) is 18.0 Å². The molecule has 1 aliphatic rings. The molecule has 3 amide bonds. The SMILES string of the molecule is CN1C(=O)c2ccc(C(=O)Nc3cccc4cn[nH]c34)cc2C1=O. The Labute approximate surface area is 136 Å². The number of para-hydroxylation sites is 1. The number of fused-ring (bicyclic) bond motifs is 2. The van der Waals surface area contributed by atoms with Crippen LogP contribution in [0.3, 0.4) is 0 Å². The molecule has 1 aromatic heterocycles. The summed E-state index contributed by atoms with van der Waals surface area (Å²) < 4.78 is 0. The summed E-state index contributed by atoms with van der Waals surface area (Å²) in [5, 5.41) is 10.5. The van der Waals surface area contributed by atoms with Gasteiger partial charge in [0.25, 0.3) is 17.7 Å². The number of anilines is 1. The number of benzene rings is 2. The number of carbonyl (C=O) groups excluding carboxylic acids is 3. The Bertz CT molecular complexity index is 1020. The molecule has 7 nitrogen and oxygen atoms in total. The zero-order chi connectivity index (χ0) is 16.8. The maximum atomic E-state index is 12.5. The number of imide groups is 1.